The molecule has 1 rings (SSSR count). The van der Waals surface area contributed by atoms with Crippen molar-refractivity contribution in [2.45, 2.75) is 32.8 Å². The molecule has 0 bridgehead atoms. The topological polar surface area (TPSA) is 46.2 Å². The summed E-state index contributed by atoms with van der Waals surface area (Å²) in [4.78, 5) is 0. The highest BCUT2D eigenvalue weighted by atomic mass is 16.3. The van der Waals surface area contributed by atoms with Crippen molar-refractivity contribution in [1.82, 2.24) is 0 Å². The molecule has 3 N–H and O–H groups in total. The summed E-state index contributed by atoms with van der Waals surface area (Å²) < 4.78 is 0. The van der Waals surface area contributed by atoms with Crippen LogP contribution in [-0.4, -0.2) is 17.8 Å². The molecule has 0 amide bonds. The van der Waals surface area contributed by atoms with Gasteiger partial charge in [0.05, 0.1) is 6.10 Å². The van der Waals surface area contributed by atoms with E-state index in [4.69, 9.17) is 5.73 Å². The van der Waals surface area contributed by atoms with E-state index >= 15 is 0 Å². The zero-order valence-corrected chi connectivity index (χ0v) is 7.46. The highest BCUT2D eigenvalue weighted by Gasteiger charge is 2.42. The molecule has 1 fully saturated rings. The molecule has 2 nitrogen and oxygen atoms in total. The van der Waals surface area contributed by atoms with Gasteiger partial charge in [-0.3, -0.25) is 0 Å². The van der Waals surface area contributed by atoms with Crippen molar-refractivity contribution < 1.29 is 5.11 Å². The third-order valence-electron chi connectivity index (χ3n) is 2.90. The highest BCUT2D eigenvalue weighted by Crippen LogP contribution is 2.45. The second-order valence-electron chi connectivity index (χ2n) is 3.77. The molecular formula is C9H19NO. The zero-order chi connectivity index (χ0) is 8.43. The summed E-state index contributed by atoms with van der Waals surface area (Å²) in [6.45, 7) is 4.81. The Balaban J connectivity index is 2.26. The molecule has 4 unspecified atom stereocenters. The molecule has 0 radical (unpaired) electrons. The molecule has 0 aromatic carbocycles. The van der Waals surface area contributed by atoms with Crippen LogP contribution in [0.4, 0.5) is 0 Å². The summed E-state index contributed by atoms with van der Waals surface area (Å²) in [5, 5.41) is 9.68. The first kappa shape index (κ1) is 9.01. The largest absolute Gasteiger partial charge is 0.393 e. The summed E-state index contributed by atoms with van der Waals surface area (Å²) in [5.41, 5.74) is 5.47. The van der Waals surface area contributed by atoms with E-state index in [2.05, 4.69) is 6.92 Å². The smallest absolute Gasteiger partial charge is 0.0608 e. The first-order valence-corrected chi connectivity index (χ1v) is 4.58. The van der Waals surface area contributed by atoms with Crippen LogP contribution in [0.25, 0.3) is 0 Å². The maximum atomic E-state index is 9.68. The van der Waals surface area contributed by atoms with E-state index in [9.17, 15) is 5.11 Å². The quantitative estimate of drug-likeness (QED) is 0.639. The van der Waals surface area contributed by atoms with Gasteiger partial charge >= 0.3 is 0 Å². The van der Waals surface area contributed by atoms with Gasteiger partial charge in [0.2, 0.25) is 0 Å². The van der Waals surface area contributed by atoms with E-state index in [1.165, 1.54) is 12.8 Å². The van der Waals surface area contributed by atoms with E-state index < -0.39 is 0 Å². The minimum Gasteiger partial charge on any atom is -0.393 e. The number of aliphatic hydroxyl groups is 1. The third kappa shape index (κ3) is 1.94. The Kier molecular flexibility index (Phi) is 2.90. The van der Waals surface area contributed by atoms with Crippen molar-refractivity contribution in [3.05, 3.63) is 0 Å². The summed E-state index contributed by atoms with van der Waals surface area (Å²) in [5.74, 6) is 1.61. The van der Waals surface area contributed by atoms with Crippen molar-refractivity contribution in [2.24, 2.45) is 23.5 Å². The van der Waals surface area contributed by atoms with Crippen LogP contribution in [0.15, 0.2) is 0 Å². The van der Waals surface area contributed by atoms with Crippen molar-refractivity contribution in [3.8, 4) is 0 Å². The van der Waals surface area contributed by atoms with Gasteiger partial charge in [0.15, 0.2) is 0 Å². The Bertz CT molecular complexity index is 127. The van der Waals surface area contributed by atoms with Crippen molar-refractivity contribution in [2.75, 3.05) is 6.54 Å². The lowest BCUT2D eigenvalue weighted by Gasteiger charge is -2.16. The monoisotopic (exact) mass is 157 g/mol. The first-order chi connectivity index (χ1) is 5.20. The lowest BCUT2D eigenvalue weighted by Crippen LogP contribution is -2.27. The van der Waals surface area contributed by atoms with Gasteiger partial charge in [-0.1, -0.05) is 20.3 Å². The number of rotatable bonds is 4. The van der Waals surface area contributed by atoms with Crippen LogP contribution in [0.3, 0.4) is 0 Å². The van der Waals surface area contributed by atoms with Gasteiger partial charge in [0.25, 0.3) is 0 Å². The normalized spacial score (nSPS) is 34.9. The SMILES string of the molecule is CCC1CC1C(O)C(C)CN. The fraction of sp³-hybridized carbons (Fsp3) is 1.00. The Labute approximate surface area is 68.8 Å². The third-order valence-corrected chi connectivity index (χ3v) is 2.90. The summed E-state index contributed by atoms with van der Waals surface area (Å²) in [6, 6.07) is 0. The Morgan fingerprint density at radius 2 is 2.27 bits per heavy atom. The Morgan fingerprint density at radius 3 is 2.64 bits per heavy atom. The van der Waals surface area contributed by atoms with Gasteiger partial charge in [0, 0.05) is 0 Å². The maximum absolute atomic E-state index is 9.68. The zero-order valence-electron chi connectivity index (χ0n) is 7.46. The lowest BCUT2D eigenvalue weighted by molar-refractivity contribution is 0.0928. The van der Waals surface area contributed by atoms with Gasteiger partial charge in [0.1, 0.15) is 0 Å². The van der Waals surface area contributed by atoms with Crippen molar-refractivity contribution >= 4 is 0 Å². The van der Waals surface area contributed by atoms with E-state index in [1.807, 2.05) is 6.92 Å². The first-order valence-electron chi connectivity index (χ1n) is 4.58. The molecule has 1 aliphatic rings. The number of hydrogen-bond donors (Lipinski definition) is 2. The van der Waals surface area contributed by atoms with Crippen LogP contribution in [0.2, 0.25) is 0 Å². The number of nitrogens with two attached hydrogens (primary N) is 1. The van der Waals surface area contributed by atoms with Crippen LogP contribution in [0, 0.1) is 17.8 Å². The predicted octanol–water partition coefficient (Wildman–Crippen LogP) is 0.988. The number of aliphatic hydroxyl groups excluding tert-OH is 1. The van der Waals surface area contributed by atoms with Crippen LogP contribution in [-0.2, 0) is 0 Å². The van der Waals surface area contributed by atoms with Crippen LogP contribution < -0.4 is 5.73 Å². The van der Waals surface area contributed by atoms with Gasteiger partial charge in [-0.25, -0.2) is 0 Å². The molecule has 66 valence electrons. The Morgan fingerprint density at radius 1 is 1.64 bits per heavy atom. The van der Waals surface area contributed by atoms with E-state index in [0.29, 0.717) is 12.5 Å². The van der Waals surface area contributed by atoms with Crippen molar-refractivity contribution in [3.63, 3.8) is 0 Å². The molecule has 0 aromatic rings. The molecule has 0 spiro atoms. The second-order valence-corrected chi connectivity index (χ2v) is 3.77. The molecule has 11 heavy (non-hydrogen) atoms. The van der Waals surface area contributed by atoms with Gasteiger partial charge in [-0.05, 0) is 30.7 Å². The molecule has 0 aromatic heterocycles. The van der Waals surface area contributed by atoms with Crippen LogP contribution in [0.5, 0.6) is 0 Å². The van der Waals surface area contributed by atoms with E-state index in [-0.39, 0.29) is 12.0 Å². The fourth-order valence-electron chi connectivity index (χ4n) is 1.72. The predicted molar refractivity (Wildman–Crippen MR) is 46.1 cm³/mol. The Hall–Kier alpha value is -0.0800. The van der Waals surface area contributed by atoms with Crippen LogP contribution in [0.1, 0.15) is 26.7 Å². The molecule has 0 heterocycles. The number of hydrogen-bond acceptors (Lipinski definition) is 2. The van der Waals surface area contributed by atoms with Gasteiger partial charge in [-0.15, -0.1) is 0 Å². The van der Waals surface area contributed by atoms with Gasteiger partial charge in [-0.2, -0.15) is 0 Å². The summed E-state index contributed by atoms with van der Waals surface area (Å²) >= 11 is 0. The minimum atomic E-state index is -0.148. The molecular weight excluding hydrogens is 138 g/mol. The summed E-state index contributed by atoms with van der Waals surface area (Å²) in [7, 11) is 0. The maximum Gasteiger partial charge on any atom is 0.0608 e. The molecule has 0 saturated heterocycles. The van der Waals surface area contributed by atoms with Crippen LogP contribution >= 0.6 is 0 Å². The average molecular weight is 157 g/mol. The minimum absolute atomic E-state index is 0.148. The lowest BCUT2D eigenvalue weighted by atomic mass is 9.99. The highest BCUT2D eigenvalue weighted by molar-refractivity contribution is 4.92. The van der Waals surface area contributed by atoms with Gasteiger partial charge < -0.3 is 10.8 Å². The molecule has 1 saturated carbocycles. The van der Waals surface area contributed by atoms with Crippen molar-refractivity contribution in [1.29, 1.82) is 0 Å². The van der Waals surface area contributed by atoms with E-state index in [1.54, 1.807) is 0 Å². The molecule has 4 atom stereocenters. The van der Waals surface area contributed by atoms with E-state index in [0.717, 1.165) is 5.92 Å². The summed E-state index contributed by atoms with van der Waals surface area (Å²) in [6.07, 6.45) is 2.27. The average Bonchev–Trinajstić information content (AvgIpc) is 2.80. The molecule has 2 heteroatoms. The molecule has 0 aliphatic heterocycles. The fourth-order valence-corrected chi connectivity index (χ4v) is 1.72. The second kappa shape index (κ2) is 3.55. The molecule has 1 aliphatic carbocycles. The standard InChI is InChI=1S/C9H19NO/c1-3-7-4-8(7)9(11)6(2)5-10/h6-9,11H,3-5,10H2,1-2H3.